The molecule has 5 nitrogen and oxygen atoms in total. The summed E-state index contributed by atoms with van der Waals surface area (Å²) in [5, 5.41) is 10.1. The van der Waals surface area contributed by atoms with Crippen LogP contribution in [0, 0.1) is 12.8 Å². The minimum atomic E-state index is -0.729. The summed E-state index contributed by atoms with van der Waals surface area (Å²) in [6.45, 7) is 3.78. The van der Waals surface area contributed by atoms with Crippen molar-refractivity contribution in [2.75, 3.05) is 13.1 Å². The molecule has 0 aromatic carbocycles. The number of carboxylic acid groups (broad SMARTS) is 1. The zero-order valence-electron chi connectivity index (χ0n) is 20.6. The molecule has 2 aromatic heterocycles. The lowest BCUT2D eigenvalue weighted by Gasteiger charge is -2.26. The molecule has 2 aliphatic carbocycles. The van der Waals surface area contributed by atoms with Crippen molar-refractivity contribution in [3.05, 3.63) is 58.2 Å². The van der Waals surface area contributed by atoms with Crippen LogP contribution in [0.2, 0.25) is 0 Å². The first-order valence-corrected chi connectivity index (χ1v) is 13.5. The van der Waals surface area contributed by atoms with Gasteiger partial charge in [-0.1, -0.05) is 25.0 Å². The molecule has 5 rings (SSSR count). The molecule has 1 saturated heterocycles. The van der Waals surface area contributed by atoms with Gasteiger partial charge in [0.05, 0.1) is 0 Å². The smallest absolute Gasteiger partial charge is 0.325 e. The Hall–Kier alpha value is -2.27. The molecule has 1 N–H and O–H groups in total. The normalized spacial score (nSPS) is 21.4. The monoisotopic (exact) mass is 461 g/mol. The van der Waals surface area contributed by atoms with E-state index in [4.69, 9.17) is 4.98 Å². The fraction of sp³-hybridized carbons (Fsp3) is 0.621. The molecule has 0 spiro atoms. The summed E-state index contributed by atoms with van der Waals surface area (Å²) in [6, 6.07) is 6.06. The summed E-state index contributed by atoms with van der Waals surface area (Å²) >= 11 is 0. The van der Waals surface area contributed by atoms with E-state index in [2.05, 4.69) is 28.1 Å². The Balaban J connectivity index is 1.10. The summed E-state index contributed by atoms with van der Waals surface area (Å²) in [5.41, 5.74) is 7.08. The Bertz CT molecular complexity index is 1020. The van der Waals surface area contributed by atoms with E-state index in [-0.39, 0.29) is 0 Å². The number of carbonyl (C=O) groups is 1. The number of nitrogens with zero attached hydrogens (tertiary/aromatic N) is 3. The number of aryl methyl sites for hydroxylation is 4. The molecule has 2 fully saturated rings. The molecule has 0 bridgehead atoms. The van der Waals surface area contributed by atoms with Gasteiger partial charge in [0.2, 0.25) is 0 Å². The SMILES string of the molecule is Cc1cnc(C2CC2)c(C(C(=O)O)N2CC[C@@H](CCCCCc3ccc4c(n3)CCCC4)C2)c1. The number of unbranched alkanes of at least 4 members (excludes halogenated alkanes) is 2. The minimum Gasteiger partial charge on any atom is -0.480 e. The molecule has 2 atom stereocenters. The highest BCUT2D eigenvalue weighted by Crippen LogP contribution is 2.43. The third-order valence-corrected chi connectivity index (χ3v) is 8.04. The lowest BCUT2D eigenvalue weighted by molar-refractivity contribution is -0.143. The third-order valence-electron chi connectivity index (χ3n) is 8.04. The molecule has 5 heteroatoms. The standard InChI is InChI=1S/C29H39N3O2/c1-20-17-25(27(30-18-20)23-11-12-23)28(29(33)34)32-16-15-21(19-32)7-3-2-4-9-24-14-13-22-8-5-6-10-26(22)31-24/h13-14,17-18,21,23,28H,2-12,15-16,19H2,1H3,(H,33,34)/t21-,28?/m1/s1. The maximum absolute atomic E-state index is 12.3. The number of rotatable bonds is 10. The Morgan fingerprint density at radius 3 is 2.82 bits per heavy atom. The van der Waals surface area contributed by atoms with E-state index in [9.17, 15) is 9.90 Å². The number of carboxylic acids is 1. The predicted molar refractivity (Wildman–Crippen MR) is 134 cm³/mol. The number of likely N-dealkylation sites (tertiary alicyclic amines) is 1. The van der Waals surface area contributed by atoms with Gasteiger partial charge >= 0.3 is 5.97 Å². The fourth-order valence-electron chi connectivity index (χ4n) is 6.02. The van der Waals surface area contributed by atoms with Gasteiger partial charge in [0.15, 0.2) is 0 Å². The Labute approximate surface area is 204 Å². The van der Waals surface area contributed by atoms with Crippen LogP contribution in [0.5, 0.6) is 0 Å². The summed E-state index contributed by atoms with van der Waals surface area (Å²) in [4.78, 5) is 24.1. The second-order valence-corrected chi connectivity index (χ2v) is 10.9. The number of aromatic nitrogens is 2. The van der Waals surface area contributed by atoms with Crippen molar-refractivity contribution in [2.45, 2.75) is 95.9 Å². The van der Waals surface area contributed by atoms with Crippen molar-refractivity contribution in [3.63, 3.8) is 0 Å². The van der Waals surface area contributed by atoms with Crippen LogP contribution in [0.15, 0.2) is 24.4 Å². The Morgan fingerprint density at radius 2 is 2.00 bits per heavy atom. The minimum absolute atomic E-state index is 0.459. The molecule has 3 aliphatic rings. The lowest BCUT2D eigenvalue weighted by atomic mass is 9.95. The molecule has 182 valence electrons. The largest absolute Gasteiger partial charge is 0.480 e. The van der Waals surface area contributed by atoms with Crippen molar-refractivity contribution in [2.24, 2.45) is 5.92 Å². The van der Waals surface area contributed by atoms with Crippen LogP contribution in [0.25, 0.3) is 0 Å². The summed E-state index contributed by atoms with van der Waals surface area (Å²) < 4.78 is 0. The highest BCUT2D eigenvalue weighted by molar-refractivity contribution is 5.76. The first-order valence-electron chi connectivity index (χ1n) is 13.5. The first kappa shape index (κ1) is 23.5. The average molecular weight is 462 g/mol. The van der Waals surface area contributed by atoms with Gasteiger partial charge in [-0.05, 0) is 101 Å². The van der Waals surface area contributed by atoms with Crippen LogP contribution in [0.3, 0.4) is 0 Å². The second kappa shape index (κ2) is 10.6. The molecule has 3 heterocycles. The highest BCUT2D eigenvalue weighted by atomic mass is 16.4. The zero-order chi connectivity index (χ0) is 23.5. The van der Waals surface area contributed by atoms with E-state index in [0.29, 0.717) is 11.8 Å². The van der Waals surface area contributed by atoms with Gasteiger partial charge < -0.3 is 5.11 Å². The van der Waals surface area contributed by atoms with Gasteiger partial charge in [0.25, 0.3) is 0 Å². The summed E-state index contributed by atoms with van der Waals surface area (Å²) in [5.74, 6) is 0.332. The molecule has 0 radical (unpaired) electrons. The van der Waals surface area contributed by atoms with Crippen LogP contribution < -0.4 is 0 Å². The number of aliphatic carboxylic acids is 1. The van der Waals surface area contributed by atoms with Crippen molar-refractivity contribution in [1.29, 1.82) is 0 Å². The van der Waals surface area contributed by atoms with Crippen LogP contribution >= 0.6 is 0 Å². The van der Waals surface area contributed by atoms with Crippen LogP contribution in [0.4, 0.5) is 0 Å². The maximum atomic E-state index is 12.3. The number of fused-ring (bicyclic) bond motifs is 1. The topological polar surface area (TPSA) is 66.3 Å². The van der Waals surface area contributed by atoms with E-state index in [1.807, 2.05) is 13.1 Å². The Morgan fingerprint density at radius 1 is 1.15 bits per heavy atom. The quantitative estimate of drug-likeness (QED) is 0.454. The van der Waals surface area contributed by atoms with E-state index < -0.39 is 12.0 Å². The van der Waals surface area contributed by atoms with E-state index >= 15 is 0 Å². The number of hydrogen-bond donors (Lipinski definition) is 1. The van der Waals surface area contributed by atoms with E-state index in [0.717, 1.165) is 62.0 Å². The van der Waals surface area contributed by atoms with Crippen LogP contribution in [-0.2, 0) is 24.1 Å². The van der Waals surface area contributed by atoms with Crippen molar-refractivity contribution < 1.29 is 9.90 Å². The van der Waals surface area contributed by atoms with Gasteiger partial charge in [-0.3, -0.25) is 19.7 Å². The molecule has 34 heavy (non-hydrogen) atoms. The van der Waals surface area contributed by atoms with Gasteiger partial charge in [-0.15, -0.1) is 0 Å². The molecule has 0 amide bonds. The Kier molecular flexibility index (Phi) is 7.29. The van der Waals surface area contributed by atoms with Crippen molar-refractivity contribution >= 4 is 5.97 Å². The fourth-order valence-corrected chi connectivity index (χ4v) is 6.02. The first-order chi connectivity index (χ1) is 16.6. The molecular weight excluding hydrogens is 422 g/mol. The third kappa shape index (κ3) is 5.51. The summed E-state index contributed by atoms with van der Waals surface area (Å²) in [7, 11) is 0. The molecular formula is C29H39N3O2. The van der Waals surface area contributed by atoms with Gasteiger partial charge in [0, 0.05) is 41.3 Å². The van der Waals surface area contributed by atoms with Crippen LogP contribution in [-0.4, -0.2) is 39.0 Å². The average Bonchev–Trinajstić information content (AvgIpc) is 3.57. The van der Waals surface area contributed by atoms with Gasteiger partial charge in [-0.2, -0.15) is 0 Å². The predicted octanol–water partition coefficient (Wildman–Crippen LogP) is 5.79. The molecule has 1 unspecified atom stereocenters. The number of pyridine rings is 2. The molecule has 1 saturated carbocycles. The van der Waals surface area contributed by atoms with Crippen molar-refractivity contribution in [1.82, 2.24) is 14.9 Å². The molecule has 2 aromatic rings. The van der Waals surface area contributed by atoms with E-state index in [1.165, 1.54) is 61.9 Å². The highest BCUT2D eigenvalue weighted by Gasteiger charge is 2.38. The molecule has 1 aliphatic heterocycles. The van der Waals surface area contributed by atoms with Gasteiger partial charge in [-0.25, -0.2) is 0 Å². The lowest BCUT2D eigenvalue weighted by Crippen LogP contribution is -2.33. The number of hydrogen-bond acceptors (Lipinski definition) is 4. The van der Waals surface area contributed by atoms with E-state index in [1.54, 1.807) is 0 Å². The van der Waals surface area contributed by atoms with Gasteiger partial charge in [0.1, 0.15) is 6.04 Å². The zero-order valence-corrected chi connectivity index (χ0v) is 20.6. The second-order valence-electron chi connectivity index (χ2n) is 10.9. The van der Waals surface area contributed by atoms with Crippen LogP contribution in [0.1, 0.15) is 104 Å². The maximum Gasteiger partial charge on any atom is 0.325 e. The summed E-state index contributed by atoms with van der Waals surface area (Å²) in [6.07, 6.45) is 16.1. The van der Waals surface area contributed by atoms with Crippen molar-refractivity contribution in [3.8, 4) is 0 Å².